The highest BCUT2D eigenvalue weighted by molar-refractivity contribution is 7.89. The van der Waals surface area contributed by atoms with Gasteiger partial charge in [0.25, 0.3) is 5.69 Å². The second kappa shape index (κ2) is 5.91. The number of anilines is 1. The average Bonchev–Trinajstić information content (AvgIpc) is 2.98. The summed E-state index contributed by atoms with van der Waals surface area (Å²) in [6.45, 7) is -0.0348. The average molecular weight is 312 g/mol. The van der Waals surface area contributed by atoms with E-state index in [-0.39, 0.29) is 12.2 Å². The Bertz CT molecular complexity index is 742. The van der Waals surface area contributed by atoms with Crippen molar-refractivity contribution in [1.29, 1.82) is 0 Å². The molecule has 0 aliphatic rings. The van der Waals surface area contributed by atoms with Crippen molar-refractivity contribution in [1.82, 2.24) is 4.72 Å². The van der Waals surface area contributed by atoms with E-state index in [2.05, 4.69) is 10.1 Å². The zero-order chi connectivity index (χ0) is 15.5. The lowest BCUT2D eigenvalue weighted by atomic mass is 10.3. The fraction of sp³-hybridized carbons (Fsp3) is 0.0909. The number of benzene rings is 1. The van der Waals surface area contributed by atoms with Gasteiger partial charge in [-0.15, -0.1) is 0 Å². The molecule has 0 radical (unpaired) electrons. The topological polar surface area (TPSA) is 140 Å². The zero-order valence-electron chi connectivity index (χ0n) is 10.6. The second-order valence-corrected chi connectivity index (χ2v) is 5.78. The lowest BCUT2D eigenvalue weighted by Crippen LogP contribution is -2.24. The summed E-state index contributed by atoms with van der Waals surface area (Å²) in [6.07, 6.45) is 2.77. The SMILES string of the molecule is NNc1ccc(S(=O)(=O)NCc2ccoc2)c([N+](=O)[O-])c1. The van der Waals surface area contributed by atoms with E-state index in [0.717, 1.165) is 12.1 Å². The molecule has 9 nitrogen and oxygen atoms in total. The maximum Gasteiger partial charge on any atom is 0.291 e. The molecule has 1 heterocycles. The van der Waals surface area contributed by atoms with Crippen molar-refractivity contribution in [3.05, 3.63) is 52.5 Å². The Balaban J connectivity index is 2.32. The Morgan fingerprint density at radius 1 is 1.33 bits per heavy atom. The number of nitrogen functional groups attached to an aromatic ring is 1. The largest absolute Gasteiger partial charge is 0.472 e. The van der Waals surface area contributed by atoms with Crippen LogP contribution in [-0.2, 0) is 16.6 Å². The van der Waals surface area contributed by atoms with Gasteiger partial charge in [-0.3, -0.25) is 16.0 Å². The van der Waals surface area contributed by atoms with Crippen molar-refractivity contribution >= 4 is 21.4 Å². The van der Waals surface area contributed by atoms with Crippen LogP contribution >= 0.6 is 0 Å². The molecule has 0 saturated heterocycles. The van der Waals surface area contributed by atoms with E-state index in [1.54, 1.807) is 6.07 Å². The molecule has 4 N–H and O–H groups in total. The zero-order valence-corrected chi connectivity index (χ0v) is 11.5. The maximum atomic E-state index is 12.2. The van der Waals surface area contributed by atoms with E-state index >= 15 is 0 Å². The maximum absolute atomic E-state index is 12.2. The summed E-state index contributed by atoms with van der Waals surface area (Å²) in [5, 5.41) is 11.0. The Labute approximate surface area is 119 Å². The van der Waals surface area contributed by atoms with Crippen LogP contribution in [0.1, 0.15) is 5.56 Å². The number of hydrazine groups is 1. The van der Waals surface area contributed by atoms with Crippen LogP contribution in [-0.4, -0.2) is 13.3 Å². The summed E-state index contributed by atoms with van der Waals surface area (Å²) in [7, 11) is -4.04. The van der Waals surface area contributed by atoms with Gasteiger partial charge in [-0.05, 0) is 18.2 Å². The predicted molar refractivity (Wildman–Crippen MR) is 73.6 cm³/mol. The van der Waals surface area contributed by atoms with Gasteiger partial charge in [0.05, 0.1) is 23.1 Å². The van der Waals surface area contributed by atoms with Crippen molar-refractivity contribution in [3.63, 3.8) is 0 Å². The van der Waals surface area contributed by atoms with Crippen LogP contribution in [0.3, 0.4) is 0 Å². The second-order valence-electron chi connectivity index (χ2n) is 4.04. The van der Waals surface area contributed by atoms with E-state index in [1.807, 2.05) is 0 Å². The quantitative estimate of drug-likeness (QED) is 0.409. The molecule has 0 amide bonds. The smallest absolute Gasteiger partial charge is 0.291 e. The third kappa shape index (κ3) is 3.37. The van der Waals surface area contributed by atoms with Crippen molar-refractivity contribution in [2.75, 3.05) is 5.43 Å². The molecule has 0 spiro atoms. The first kappa shape index (κ1) is 15.0. The molecular weight excluding hydrogens is 300 g/mol. The summed E-state index contributed by atoms with van der Waals surface area (Å²) in [6, 6.07) is 5.08. The number of hydrogen-bond donors (Lipinski definition) is 3. The number of nitrogens with zero attached hydrogens (tertiary/aromatic N) is 1. The van der Waals surface area contributed by atoms with Gasteiger partial charge in [-0.2, -0.15) is 0 Å². The van der Waals surface area contributed by atoms with Crippen molar-refractivity contribution in [2.24, 2.45) is 5.84 Å². The highest BCUT2D eigenvalue weighted by Gasteiger charge is 2.26. The molecular formula is C11H12N4O5S. The van der Waals surface area contributed by atoms with Crippen LogP contribution in [0.2, 0.25) is 0 Å². The van der Waals surface area contributed by atoms with E-state index in [0.29, 0.717) is 5.56 Å². The number of hydrogen-bond acceptors (Lipinski definition) is 7. The lowest BCUT2D eigenvalue weighted by Gasteiger charge is -2.07. The molecule has 0 unspecified atom stereocenters. The van der Waals surface area contributed by atoms with Crippen molar-refractivity contribution < 1.29 is 17.8 Å². The van der Waals surface area contributed by atoms with E-state index in [9.17, 15) is 18.5 Å². The van der Waals surface area contributed by atoms with Crippen LogP contribution in [0, 0.1) is 10.1 Å². The molecule has 0 fully saturated rings. The summed E-state index contributed by atoms with van der Waals surface area (Å²) in [4.78, 5) is 9.78. The highest BCUT2D eigenvalue weighted by Crippen LogP contribution is 2.26. The monoisotopic (exact) mass is 312 g/mol. The minimum atomic E-state index is -4.04. The summed E-state index contributed by atoms with van der Waals surface area (Å²) < 4.78 is 31.4. The molecule has 0 saturated carbocycles. The van der Waals surface area contributed by atoms with Crippen LogP contribution in [0.5, 0.6) is 0 Å². The van der Waals surface area contributed by atoms with Crippen molar-refractivity contribution in [2.45, 2.75) is 11.4 Å². The third-order valence-electron chi connectivity index (χ3n) is 2.66. The summed E-state index contributed by atoms with van der Waals surface area (Å²) in [5.41, 5.74) is 2.49. The number of nitrogens with two attached hydrogens (primary N) is 1. The molecule has 0 aliphatic carbocycles. The molecule has 0 bridgehead atoms. The Hall–Kier alpha value is -2.43. The van der Waals surface area contributed by atoms with Crippen LogP contribution in [0.15, 0.2) is 46.1 Å². The number of furan rings is 1. The fourth-order valence-corrected chi connectivity index (χ4v) is 2.79. The third-order valence-corrected chi connectivity index (χ3v) is 4.11. The lowest BCUT2D eigenvalue weighted by molar-refractivity contribution is -0.387. The molecule has 1 aromatic carbocycles. The first-order valence-corrected chi connectivity index (χ1v) is 7.18. The predicted octanol–water partition coefficient (Wildman–Crippen LogP) is 0.952. The molecule has 0 atom stereocenters. The first-order valence-electron chi connectivity index (χ1n) is 5.70. The number of rotatable bonds is 6. The normalized spacial score (nSPS) is 11.3. The number of nitro benzene ring substituents is 1. The van der Waals surface area contributed by atoms with Gasteiger partial charge < -0.3 is 9.84 Å². The van der Waals surface area contributed by atoms with E-state index in [1.165, 1.54) is 18.6 Å². The standard InChI is InChI=1S/C11H12N4O5S/c12-14-9-1-2-11(10(5-9)15(16)17)21(18,19)13-6-8-3-4-20-7-8/h1-5,7,13-14H,6,12H2. The minimum absolute atomic E-state index is 0.0348. The summed E-state index contributed by atoms with van der Waals surface area (Å²) >= 11 is 0. The summed E-state index contributed by atoms with van der Waals surface area (Å²) in [5.74, 6) is 5.15. The van der Waals surface area contributed by atoms with Gasteiger partial charge in [-0.25, -0.2) is 13.1 Å². The Morgan fingerprint density at radius 3 is 2.67 bits per heavy atom. The van der Waals surface area contributed by atoms with Gasteiger partial charge >= 0.3 is 0 Å². The van der Waals surface area contributed by atoms with Crippen LogP contribution in [0.4, 0.5) is 11.4 Å². The van der Waals surface area contributed by atoms with E-state index in [4.69, 9.17) is 10.3 Å². The van der Waals surface area contributed by atoms with Gasteiger partial charge in [-0.1, -0.05) is 0 Å². The molecule has 0 aliphatic heterocycles. The molecule has 2 aromatic rings. The molecule has 21 heavy (non-hydrogen) atoms. The first-order chi connectivity index (χ1) is 9.94. The van der Waals surface area contributed by atoms with Gasteiger partial charge in [0.1, 0.15) is 0 Å². The minimum Gasteiger partial charge on any atom is -0.472 e. The van der Waals surface area contributed by atoms with E-state index < -0.39 is 25.5 Å². The number of nitro groups is 1. The van der Waals surface area contributed by atoms with Crippen LogP contribution in [0.25, 0.3) is 0 Å². The van der Waals surface area contributed by atoms with Gasteiger partial charge in [0.15, 0.2) is 4.90 Å². The van der Waals surface area contributed by atoms with Gasteiger partial charge in [0.2, 0.25) is 10.0 Å². The fourth-order valence-electron chi connectivity index (χ4n) is 1.63. The number of sulfonamides is 1. The van der Waals surface area contributed by atoms with Crippen molar-refractivity contribution in [3.8, 4) is 0 Å². The Morgan fingerprint density at radius 2 is 2.10 bits per heavy atom. The molecule has 10 heteroatoms. The Kier molecular flexibility index (Phi) is 4.21. The highest BCUT2D eigenvalue weighted by atomic mass is 32.2. The molecule has 1 aromatic heterocycles. The number of nitrogens with one attached hydrogen (secondary N) is 2. The van der Waals surface area contributed by atoms with Gasteiger partial charge in [0, 0.05) is 18.2 Å². The van der Waals surface area contributed by atoms with Crippen LogP contribution < -0.4 is 16.0 Å². The molecule has 2 rings (SSSR count). The molecule has 112 valence electrons.